The van der Waals surface area contributed by atoms with Crippen LogP contribution in [0.2, 0.25) is 0 Å². The van der Waals surface area contributed by atoms with Crippen molar-refractivity contribution in [2.45, 2.75) is 6.92 Å². The van der Waals surface area contributed by atoms with E-state index in [9.17, 15) is 4.79 Å². The molecule has 0 aliphatic carbocycles. The van der Waals surface area contributed by atoms with Crippen molar-refractivity contribution in [2.75, 3.05) is 5.32 Å². The molecule has 0 aliphatic heterocycles. The molecule has 2 heterocycles. The van der Waals surface area contributed by atoms with E-state index < -0.39 is 0 Å². The third-order valence-electron chi connectivity index (χ3n) is 3.12. The molecule has 0 saturated carbocycles. The van der Waals surface area contributed by atoms with E-state index in [1.807, 2.05) is 37.3 Å². The zero-order valence-electron chi connectivity index (χ0n) is 12.0. The van der Waals surface area contributed by atoms with Gasteiger partial charge in [0.05, 0.1) is 11.3 Å². The number of rotatable bonds is 3. The van der Waals surface area contributed by atoms with Crippen molar-refractivity contribution in [1.29, 1.82) is 0 Å². The molecule has 0 bridgehead atoms. The van der Waals surface area contributed by atoms with Gasteiger partial charge in [0.25, 0.3) is 5.91 Å². The van der Waals surface area contributed by atoms with Gasteiger partial charge in [-0.15, -0.1) is 0 Å². The van der Waals surface area contributed by atoms with Crippen LogP contribution in [-0.4, -0.2) is 20.9 Å². The summed E-state index contributed by atoms with van der Waals surface area (Å²) in [6.45, 7) is 1.84. The average Bonchev–Trinajstić information content (AvgIpc) is 2.56. The molecule has 1 aromatic carbocycles. The van der Waals surface area contributed by atoms with E-state index in [2.05, 4.69) is 20.3 Å². The van der Waals surface area contributed by atoms with Gasteiger partial charge in [-0.25, -0.2) is 9.97 Å². The fourth-order valence-corrected chi connectivity index (χ4v) is 2.07. The van der Waals surface area contributed by atoms with Crippen LogP contribution in [0.5, 0.6) is 0 Å². The first-order chi connectivity index (χ1) is 10.7. The quantitative estimate of drug-likeness (QED) is 0.804. The van der Waals surface area contributed by atoms with Crippen LogP contribution >= 0.6 is 0 Å². The van der Waals surface area contributed by atoms with Crippen LogP contribution in [0, 0.1) is 6.92 Å². The van der Waals surface area contributed by atoms with Gasteiger partial charge >= 0.3 is 0 Å². The summed E-state index contributed by atoms with van der Waals surface area (Å²) < 4.78 is 0. The predicted octanol–water partition coefficient (Wildman–Crippen LogP) is 3.10. The van der Waals surface area contributed by atoms with Crippen LogP contribution < -0.4 is 5.32 Å². The van der Waals surface area contributed by atoms with Gasteiger partial charge in [0.1, 0.15) is 5.82 Å². The Bertz CT molecular complexity index is 803. The molecule has 0 fully saturated rings. The Hall–Kier alpha value is -3.08. The molecule has 1 amide bonds. The van der Waals surface area contributed by atoms with E-state index in [-0.39, 0.29) is 5.91 Å². The minimum Gasteiger partial charge on any atom is -0.322 e. The molecular weight excluding hydrogens is 276 g/mol. The highest BCUT2D eigenvalue weighted by molar-refractivity contribution is 6.04. The molecule has 0 spiro atoms. The van der Waals surface area contributed by atoms with E-state index in [0.29, 0.717) is 17.1 Å². The number of carbonyl (C=O) groups is 1. The summed E-state index contributed by atoms with van der Waals surface area (Å²) in [4.78, 5) is 24.6. The van der Waals surface area contributed by atoms with Crippen molar-refractivity contribution in [1.82, 2.24) is 15.0 Å². The van der Waals surface area contributed by atoms with Crippen LogP contribution in [0.4, 0.5) is 5.69 Å². The van der Waals surface area contributed by atoms with Crippen molar-refractivity contribution < 1.29 is 4.79 Å². The monoisotopic (exact) mass is 290 g/mol. The number of nitrogens with one attached hydrogen (secondary N) is 1. The highest BCUT2D eigenvalue weighted by Crippen LogP contribution is 2.21. The van der Waals surface area contributed by atoms with Gasteiger partial charge in [-0.05, 0) is 37.3 Å². The van der Waals surface area contributed by atoms with Gasteiger partial charge < -0.3 is 5.32 Å². The van der Waals surface area contributed by atoms with Gasteiger partial charge in [-0.3, -0.25) is 9.78 Å². The minimum absolute atomic E-state index is 0.191. The fraction of sp³-hybridized carbons (Fsp3) is 0.0588. The zero-order chi connectivity index (χ0) is 15.4. The number of benzene rings is 1. The van der Waals surface area contributed by atoms with Crippen molar-refractivity contribution in [3.05, 3.63) is 72.4 Å². The number of pyridine rings is 1. The van der Waals surface area contributed by atoms with E-state index in [0.717, 1.165) is 11.3 Å². The van der Waals surface area contributed by atoms with Crippen molar-refractivity contribution in [3.8, 4) is 11.3 Å². The second-order valence-electron chi connectivity index (χ2n) is 4.77. The Balaban J connectivity index is 1.84. The maximum atomic E-state index is 12.1. The normalized spacial score (nSPS) is 10.2. The molecule has 108 valence electrons. The number of nitrogens with zero attached hydrogens (tertiary/aromatic N) is 3. The topological polar surface area (TPSA) is 67.8 Å². The Morgan fingerprint density at radius 3 is 2.77 bits per heavy atom. The Labute approximate surface area is 128 Å². The van der Waals surface area contributed by atoms with Crippen LogP contribution in [0.15, 0.2) is 61.1 Å². The van der Waals surface area contributed by atoms with Crippen molar-refractivity contribution in [3.63, 3.8) is 0 Å². The number of carbonyl (C=O) groups excluding carboxylic acids is 1. The van der Waals surface area contributed by atoms with Crippen LogP contribution in [0.25, 0.3) is 11.3 Å². The van der Waals surface area contributed by atoms with Crippen LogP contribution in [0.1, 0.15) is 16.2 Å². The summed E-state index contributed by atoms with van der Waals surface area (Å²) in [5, 5.41) is 2.86. The Morgan fingerprint density at radius 1 is 1.09 bits per heavy atom. The molecule has 5 heteroatoms. The van der Waals surface area contributed by atoms with E-state index >= 15 is 0 Å². The lowest BCUT2D eigenvalue weighted by Crippen LogP contribution is -2.11. The first-order valence-electron chi connectivity index (χ1n) is 6.84. The molecule has 0 saturated heterocycles. The molecule has 0 unspecified atom stereocenters. The SMILES string of the molecule is Cc1nccc(-c2cccc(NC(=O)c3cccnc3)c2)n1. The molecule has 0 atom stereocenters. The standard InChI is InChI=1S/C17H14N4O/c1-12-19-9-7-16(20-12)13-4-2-6-15(10-13)21-17(22)14-5-3-8-18-11-14/h2-11H,1H3,(H,21,22). The largest absolute Gasteiger partial charge is 0.322 e. The number of amides is 1. The molecular formula is C17H14N4O. The first-order valence-corrected chi connectivity index (χ1v) is 6.84. The smallest absolute Gasteiger partial charge is 0.257 e. The highest BCUT2D eigenvalue weighted by Gasteiger charge is 2.07. The number of anilines is 1. The Morgan fingerprint density at radius 2 is 2.00 bits per heavy atom. The molecule has 3 aromatic rings. The van der Waals surface area contributed by atoms with Gasteiger partial charge in [0.15, 0.2) is 0 Å². The summed E-state index contributed by atoms with van der Waals surface area (Å²) in [6.07, 6.45) is 4.89. The van der Waals surface area contributed by atoms with Crippen LogP contribution in [-0.2, 0) is 0 Å². The van der Waals surface area contributed by atoms with E-state index in [1.54, 1.807) is 24.5 Å². The third kappa shape index (κ3) is 3.15. The number of hydrogen-bond donors (Lipinski definition) is 1. The van der Waals surface area contributed by atoms with Crippen molar-refractivity contribution >= 4 is 11.6 Å². The van der Waals surface area contributed by atoms with E-state index in [4.69, 9.17) is 0 Å². The summed E-state index contributed by atoms with van der Waals surface area (Å²) >= 11 is 0. The third-order valence-corrected chi connectivity index (χ3v) is 3.12. The first kappa shape index (κ1) is 13.9. The summed E-state index contributed by atoms with van der Waals surface area (Å²) in [5.41, 5.74) is 2.98. The lowest BCUT2D eigenvalue weighted by molar-refractivity contribution is 0.102. The molecule has 5 nitrogen and oxygen atoms in total. The predicted molar refractivity (Wildman–Crippen MR) is 84.4 cm³/mol. The summed E-state index contributed by atoms with van der Waals surface area (Å²) in [5.74, 6) is 0.520. The second kappa shape index (κ2) is 6.13. The summed E-state index contributed by atoms with van der Waals surface area (Å²) in [7, 11) is 0. The lowest BCUT2D eigenvalue weighted by Gasteiger charge is -2.07. The van der Waals surface area contributed by atoms with Gasteiger partial charge in [0, 0.05) is 29.8 Å². The van der Waals surface area contributed by atoms with Gasteiger partial charge in [-0.1, -0.05) is 12.1 Å². The van der Waals surface area contributed by atoms with Gasteiger partial charge in [0.2, 0.25) is 0 Å². The van der Waals surface area contributed by atoms with Crippen molar-refractivity contribution in [2.24, 2.45) is 0 Å². The average molecular weight is 290 g/mol. The van der Waals surface area contributed by atoms with E-state index in [1.165, 1.54) is 6.20 Å². The maximum absolute atomic E-state index is 12.1. The molecule has 2 aromatic heterocycles. The molecule has 1 N–H and O–H groups in total. The van der Waals surface area contributed by atoms with Gasteiger partial charge in [-0.2, -0.15) is 0 Å². The minimum atomic E-state index is -0.191. The molecule has 3 rings (SSSR count). The maximum Gasteiger partial charge on any atom is 0.257 e. The summed E-state index contributed by atoms with van der Waals surface area (Å²) in [6, 6.07) is 12.8. The Kier molecular flexibility index (Phi) is 3.87. The molecule has 0 aliphatic rings. The fourth-order valence-electron chi connectivity index (χ4n) is 2.07. The zero-order valence-corrected chi connectivity index (χ0v) is 12.0. The lowest BCUT2D eigenvalue weighted by atomic mass is 10.1. The molecule has 22 heavy (non-hydrogen) atoms. The number of aryl methyl sites for hydroxylation is 1. The highest BCUT2D eigenvalue weighted by atomic mass is 16.1. The molecule has 0 radical (unpaired) electrons. The number of hydrogen-bond acceptors (Lipinski definition) is 4. The second-order valence-corrected chi connectivity index (χ2v) is 4.77. The number of aromatic nitrogens is 3. The van der Waals surface area contributed by atoms with Crippen LogP contribution in [0.3, 0.4) is 0 Å².